The third kappa shape index (κ3) is 1.90. The lowest BCUT2D eigenvalue weighted by Gasteiger charge is -2.06. The summed E-state index contributed by atoms with van der Waals surface area (Å²) in [6.45, 7) is 5.97. The molecule has 3 rings (SSSR count). The summed E-state index contributed by atoms with van der Waals surface area (Å²) in [4.78, 5) is 19.2. The molecular formula is C14H16N2O3. The number of H-pyrrole nitrogens is 1. The second kappa shape index (κ2) is 4.06. The molecule has 2 atom stereocenters. The molecule has 2 aromatic rings. The maximum Gasteiger partial charge on any atom is 0.338 e. The Hall–Kier alpha value is -1.88. The Morgan fingerprint density at radius 3 is 3.11 bits per heavy atom. The van der Waals surface area contributed by atoms with Crippen LogP contribution in [0.25, 0.3) is 11.0 Å². The van der Waals surface area contributed by atoms with Gasteiger partial charge in [0.05, 0.1) is 17.6 Å². The molecule has 0 amide bonds. The van der Waals surface area contributed by atoms with E-state index in [1.807, 2.05) is 32.0 Å². The average Bonchev–Trinajstić information content (AvgIpc) is 2.92. The number of ether oxygens (including phenoxy) is 2. The van der Waals surface area contributed by atoms with E-state index < -0.39 is 11.7 Å². The zero-order valence-electron chi connectivity index (χ0n) is 11.2. The summed E-state index contributed by atoms with van der Waals surface area (Å²) in [5.41, 5.74) is 2.24. The molecule has 1 aliphatic rings. The largest absolute Gasteiger partial charge is 0.464 e. The van der Waals surface area contributed by atoms with Gasteiger partial charge in [-0.05, 0) is 38.5 Å². The number of aromatic nitrogens is 2. The minimum atomic E-state index is -0.584. The van der Waals surface area contributed by atoms with Gasteiger partial charge in [0.1, 0.15) is 11.4 Å². The number of aromatic amines is 1. The van der Waals surface area contributed by atoms with Crippen LogP contribution in [0.1, 0.15) is 25.2 Å². The Balaban J connectivity index is 1.90. The standard InChI is InChI=1S/C14H16N2O3/c1-4-18-13(17)12-14(3,19-12)9-5-6-10-11(7-9)16-8(2)15-10/h5-7,12H,4H2,1-3H3,(H,15,16). The summed E-state index contributed by atoms with van der Waals surface area (Å²) in [7, 11) is 0. The van der Waals surface area contributed by atoms with E-state index in [2.05, 4.69) is 9.97 Å². The molecule has 1 aromatic carbocycles. The van der Waals surface area contributed by atoms with Crippen LogP contribution < -0.4 is 0 Å². The number of imidazole rings is 1. The normalized spacial score (nSPS) is 25.5. The van der Waals surface area contributed by atoms with Crippen LogP contribution in [0, 0.1) is 6.92 Å². The molecular weight excluding hydrogens is 244 g/mol. The number of fused-ring (bicyclic) bond motifs is 1. The molecule has 1 fully saturated rings. The number of rotatable bonds is 3. The summed E-state index contributed by atoms with van der Waals surface area (Å²) >= 11 is 0. The first-order chi connectivity index (χ1) is 9.04. The molecule has 0 aliphatic carbocycles. The summed E-state index contributed by atoms with van der Waals surface area (Å²) < 4.78 is 10.5. The van der Waals surface area contributed by atoms with Crippen LogP contribution in [0.5, 0.6) is 0 Å². The predicted molar refractivity (Wildman–Crippen MR) is 69.7 cm³/mol. The molecule has 5 nitrogen and oxygen atoms in total. The van der Waals surface area contributed by atoms with Gasteiger partial charge >= 0.3 is 5.97 Å². The Morgan fingerprint density at radius 2 is 2.37 bits per heavy atom. The molecule has 1 aliphatic heterocycles. The highest BCUT2D eigenvalue weighted by atomic mass is 16.7. The van der Waals surface area contributed by atoms with Gasteiger partial charge in [0.25, 0.3) is 0 Å². The minimum absolute atomic E-state index is 0.300. The van der Waals surface area contributed by atoms with Gasteiger partial charge in [-0.3, -0.25) is 0 Å². The number of carbonyl (C=O) groups is 1. The number of epoxide rings is 1. The molecule has 2 heterocycles. The summed E-state index contributed by atoms with van der Waals surface area (Å²) in [6, 6.07) is 5.86. The first-order valence-electron chi connectivity index (χ1n) is 6.36. The fourth-order valence-electron chi connectivity index (χ4n) is 2.37. The molecule has 1 saturated heterocycles. The number of nitrogens with one attached hydrogen (secondary N) is 1. The molecule has 1 N–H and O–H groups in total. The molecule has 19 heavy (non-hydrogen) atoms. The monoisotopic (exact) mass is 260 g/mol. The number of carbonyl (C=O) groups excluding carboxylic acids is 1. The fraction of sp³-hybridized carbons (Fsp3) is 0.429. The topological polar surface area (TPSA) is 67.5 Å². The smallest absolute Gasteiger partial charge is 0.338 e. The van der Waals surface area contributed by atoms with Crippen LogP contribution in [0.3, 0.4) is 0 Å². The van der Waals surface area contributed by atoms with Crippen molar-refractivity contribution in [3.05, 3.63) is 29.6 Å². The van der Waals surface area contributed by atoms with Crippen LogP contribution in [0.2, 0.25) is 0 Å². The second-order valence-electron chi connectivity index (χ2n) is 4.91. The van der Waals surface area contributed by atoms with Gasteiger partial charge in [0.15, 0.2) is 6.10 Å². The number of hydrogen-bond acceptors (Lipinski definition) is 4. The summed E-state index contributed by atoms with van der Waals surface area (Å²) in [6.07, 6.45) is -0.506. The van der Waals surface area contributed by atoms with Gasteiger partial charge in [-0.25, -0.2) is 9.78 Å². The van der Waals surface area contributed by atoms with E-state index in [1.165, 1.54) is 0 Å². The lowest BCUT2D eigenvalue weighted by atomic mass is 9.97. The lowest BCUT2D eigenvalue weighted by molar-refractivity contribution is -0.144. The molecule has 0 spiro atoms. The third-order valence-corrected chi connectivity index (χ3v) is 3.48. The summed E-state index contributed by atoms with van der Waals surface area (Å²) in [5, 5.41) is 0. The van der Waals surface area contributed by atoms with Gasteiger partial charge < -0.3 is 14.5 Å². The zero-order chi connectivity index (χ0) is 13.6. The maximum atomic E-state index is 11.7. The third-order valence-electron chi connectivity index (χ3n) is 3.48. The number of aryl methyl sites for hydroxylation is 1. The second-order valence-corrected chi connectivity index (χ2v) is 4.91. The van der Waals surface area contributed by atoms with E-state index in [-0.39, 0.29) is 5.97 Å². The van der Waals surface area contributed by atoms with E-state index in [4.69, 9.17) is 9.47 Å². The van der Waals surface area contributed by atoms with Crippen molar-refractivity contribution in [1.29, 1.82) is 0 Å². The Bertz CT molecular complexity index is 649. The van der Waals surface area contributed by atoms with Gasteiger partial charge in [0.2, 0.25) is 0 Å². The Kier molecular flexibility index (Phi) is 2.60. The van der Waals surface area contributed by atoms with Crippen molar-refractivity contribution in [3.8, 4) is 0 Å². The van der Waals surface area contributed by atoms with Crippen LogP contribution in [-0.2, 0) is 19.9 Å². The van der Waals surface area contributed by atoms with Gasteiger partial charge in [-0.2, -0.15) is 0 Å². The first-order valence-corrected chi connectivity index (χ1v) is 6.36. The average molecular weight is 260 g/mol. The number of nitrogens with zero attached hydrogens (tertiary/aromatic N) is 1. The SMILES string of the molecule is CCOC(=O)C1OC1(C)c1ccc2nc(C)[nH]c2c1. The quantitative estimate of drug-likeness (QED) is 0.677. The molecule has 1 aromatic heterocycles. The van der Waals surface area contributed by atoms with Crippen LogP contribution in [0.4, 0.5) is 0 Å². The van der Waals surface area contributed by atoms with Crippen molar-refractivity contribution in [2.75, 3.05) is 6.61 Å². The molecule has 0 bridgehead atoms. The highest BCUT2D eigenvalue weighted by Gasteiger charge is 2.59. The number of hydrogen-bond donors (Lipinski definition) is 1. The molecule has 0 radical (unpaired) electrons. The fourth-order valence-corrected chi connectivity index (χ4v) is 2.37. The van der Waals surface area contributed by atoms with E-state index in [0.29, 0.717) is 6.61 Å². The van der Waals surface area contributed by atoms with Crippen molar-refractivity contribution >= 4 is 17.0 Å². The summed E-state index contributed by atoms with van der Waals surface area (Å²) in [5.74, 6) is 0.571. The van der Waals surface area contributed by atoms with E-state index >= 15 is 0 Å². The highest BCUT2D eigenvalue weighted by Crippen LogP contribution is 2.46. The molecule has 100 valence electrons. The Morgan fingerprint density at radius 1 is 1.58 bits per heavy atom. The van der Waals surface area contributed by atoms with Crippen LogP contribution in [-0.4, -0.2) is 28.6 Å². The molecule has 5 heteroatoms. The van der Waals surface area contributed by atoms with E-state index in [1.54, 1.807) is 6.92 Å². The van der Waals surface area contributed by atoms with Gasteiger partial charge in [0, 0.05) is 0 Å². The van der Waals surface area contributed by atoms with Crippen molar-refractivity contribution in [2.24, 2.45) is 0 Å². The number of benzene rings is 1. The van der Waals surface area contributed by atoms with Gasteiger partial charge in [-0.1, -0.05) is 6.07 Å². The predicted octanol–water partition coefficient (Wildman–Crippen LogP) is 2.05. The highest BCUT2D eigenvalue weighted by molar-refractivity contribution is 5.81. The first kappa shape index (κ1) is 12.2. The zero-order valence-corrected chi connectivity index (χ0v) is 11.2. The van der Waals surface area contributed by atoms with Gasteiger partial charge in [-0.15, -0.1) is 0 Å². The maximum absolute atomic E-state index is 11.7. The van der Waals surface area contributed by atoms with E-state index in [9.17, 15) is 4.79 Å². The van der Waals surface area contributed by atoms with Crippen LogP contribution >= 0.6 is 0 Å². The molecule has 0 saturated carbocycles. The van der Waals surface area contributed by atoms with Crippen molar-refractivity contribution < 1.29 is 14.3 Å². The lowest BCUT2D eigenvalue weighted by Crippen LogP contribution is -2.18. The van der Waals surface area contributed by atoms with Crippen molar-refractivity contribution in [1.82, 2.24) is 9.97 Å². The van der Waals surface area contributed by atoms with Crippen LogP contribution in [0.15, 0.2) is 18.2 Å². The minimum Gasteiger partial charge on any atom is -0.464 e. The van der Waals surface area contributed by atoms with Crippen molar-refractivity contribution in [2.45, 2.75) is 32.5 Å². The molecule has 2 unspecified atom stereocenters. The van der Waals surface area contributed by atoms with E-state index in [0.717, 1.165) is 22.4 Å². The number of esters is 1. The Labute approximate surface area is 110 Å². The van der Waals surface area contributed by atoms with Crippen molar-refractivity contribution in [3.63, 3.8) is 0 Å².